The van der Waals surface area contributed by atoms with Crippen molar-refractivity contribution in [2.24, 2.45) is 0 Å². The summed E-state index contributed by atoms with van der Waals surface area (Å²) < 4.78 is 0. The Labute approximate surface area is 120 Å². The maximum absolute atomic E-state index is 12.1. The minimum atomic E-state index is 0.367. The highest BCUT2D eigenvalue weighted by molar-refractivity contribution is 9.09. The summed E-state index contributed by atoms with van der Waals surface area (Å²) in [5.41, 5.74) is 0. The molecule has 0 spiro atoms. The van der Waals surface area contributed by atoms with Crippen LogP contribution in [0, 0.1) is 0 Å². The summed E-state index contributed by atoms with van der Waals surface area (Å²) in [5, 5.41) is 1.03. The molecule has 3 nitrogen and oxygen atoms in total. The van der Waals surface area contributed by atoms with Crippen LogP contribution in [0.5, 0.6) is 0 Å². The second-order valence-corrected chi connectivity index (χ2v) is 5.87. The van der Waals surface area contributed by atoms with E-state index >= 15 is 0 Å². The monoisotopic (exact) mass is 318 g/mol. The van der Waals surface area contributed by atoms with Gasteiger partial charge in [-0.1, -0.05) is 42.1 Å². The summed E-state index contributed by atoms with van der Waals surface area (Å²) in [6.07, 6.45) is 6.62. The summed E-state index contributed by atoms with van der Waals surface area (Å²) in [6.45, 7) is 7.33. The molecule has 0 bridgehead atoms. The number of rotatable bonds is 7. The van der Waals surface area contributed by atoms with Crippen molar-refractivity contribution in [3.05, 3.63) is 0 Å². The van der Waals surface area contributed by atoms with Crippen LogP contribution in [0.3, 0.4) is 0 Å². The van der Waals surface area contributed by atoms with E-state index in [1.54, 1.807) is 0 Å². The first-order valence-corrected chi connectivity index (χ1v) is 8.46. The average Bonchev–Trinajstić information content (AvgIpc) is 2.61. The number of carbonyl (C=O) groups excluding carboxylic acids is 1. The lowest BCUT2D eigenvalue weighted by Gasteiger charge is -2.21. The Morgan fingerprint density at radius 3 is 2.67 bits per heavy atom. The van der Waals surface area contributed by atoms with Crippen molar-refractivity contribution in [1.29, 1.82) is 0 Å². The van der Waals surface area contributed by atoms with E-state index in [9.17, 15) is 4.79 Å². The molecule has 0 atom stereocenters. The highest BCUT2D eigenvalue weighted by atomic mass is 79.9. The van der Waals surface area contributed by atoms with Crippen molar-refractivity contribution in [2.45, 2.75) is 45.4 Å². The van der Waals surface area contributed by atoms with Gasteiger partial charge >= 0.3 is 0 Å². The van der Waals surface area contributed by atoms with E-state index < -0.39 is 0 Å². The normalized spacial score (nSPS) is 17.8. The SMILES string of the molecule is CCCCCCC(=O)N1CCCN(CCBr)CC1. The fourth-order valence-corrected chi connectivity index (χ4v) is 2.93. The highest BCUT2D eigenvalue weighted by Crippen LogP contribution is 2.09. The summed E-state index contributed by atoms with van der Waals surface area (Å²) in [6, 6.07) is 0. The molecular formula is C14H27BrN2O. The zero-order valence-electron chi connectivity index (χ0n) is 11.7. The lowest BCUT2D eigenvalue weighted by molar-refractivity contribution is -0.131. The van der Waals surface area contributed by atoms with Crippen molar-refractivity contribution in [1.82, 2.24) is 9.80 Å². The van der Waals surface area contributed by atoms with Gasteiger partial charge in [0.15, 0.2) is 0 Å². The van der Waals surface area contributed by atoms with Crippen molar-refractivity contribution < 1.29 is 4.79 Å². The first kappa shape index (κ1) is 16.0. The van der Waals surface area contributed by atoms with Gasteiger partial charge in [-0.3, -0.25) is 4.79 Å². The molecule has 1 aliphatic heterocycles. The molecule has 1 saturated heterocycles. The van der Waals surface area contributed by atoms with Gasteiger partial charge in [-0.15, -0.1) is 0 Å². The number of hydrogen-bond acceptors (Lipinski definition) is 2. The first-order chi connectivity index (χ1) is 8.77. The molecular weight excluding hydrogens is 292 g/mol. The molecule has 1 aliphatic rings. The molecule has 0 aliphatic carbocycles. The predicted octanol–water partition coefficient (Wildman–Crippen LogP) is 2.89. The second kappa shape index (κ2) is 9.79. The molecule has 18 heavy (non-hydrogen) atoms. The van der Waals surface area contributed by atoms with E-state index in [1.165, 1.54) is 19.3 Å². The van der Waals surface area contributed by atoms with Gasteiger partial charge in [-0.2, -0.15) is 0 Å². The van der Waals surface area contributed by atoms with E-state index in [0.717, 1.165) is 57.3 Å². The lowest BCUT2D eigenvalue weighted by atomic mass is 10.1. The molecule has 1 heterocycles. The van der Waals surface area contributed by atoms with Gasteiger partial charge in [0.05, 0.1) is 0 Å². The largest absolute Gasteiger partial charge is 0.341 e. The van der Waals surface area contributed by atoms with Crippen LogP contribution in [0.4, 0.5) is 0 Å². The molecule has 0 N–H and O–H groups in total. The van der Waals surface area contributed by atoms with Gasteiger partial charge in [0.1, 0.15) is 0 Å². The van der Waals surface area contributed by atoms with Gasteiger partial charge in [0.25, 0.3) is 0 Å². The third kappa shape index (κ3) is 6.19. The van der Waals surface area contributed by atoms with Crippen LogP contribution in [0.1, 0.15) is 45.4 Å². The molecule has 0 aromatic rings. The maximum atomic E-state index is 12.1. The van der Waals surface area contributed by atoms with Crippen LogP contribution in [0.25, 0.3) is 0 Å². The molecule has 4 heteroatoms. The molecule has 0 saturated carbocycles. The van der Waals surface area contributed by atoms with Crippen LogP contribution in [-0.4, -0.2) is 53.8 Å². The van der Waals surface area contributed by atoms with Crippen molar-refractivity contribution in [2.75, 3.05) is 38.1 Å². The quantitative estimate of drug-likeness (QED) is 0.532. The van der Waals surface area contributed by atoms with Gasteiger partial charge < -0.3 is 9.80 Å². The predicted molar refractivity (Wildman–Crippen MR) is 80.2 cm³/mol. The molecule has 0 unspecified atom stereocenters. The summed E-state index contributed by atoms with van der Waals surface area (Å²) in [7, 11) is 0. The fourth-order valence-electron chi connectivity index (χ4n) is 2.42. The minimum Gasteiger partial charge on any atom is -0.341 e. The van der Waals surface area contributed by atoms with E-state index in [-0.39, 0.29) is 0 Å². The standard InChI is InChI=1S/C14H27BrN2O/c1-2-3-4-5-7-14(18)17-10-6-9-16(11-8-15)12-13-17/h2-13H2,1H3. The fraction of sp³-hybridized carbons (Fsp3) is 0.929. The smallest absolute Gasteiger partial charge is 0.222 e. The Kier molecular flexibility index (Phi) is 8.68. The van der Waals surface area contributed by atoms with Gasteiger partial charge in [-0.05, 0) is 19.4 Å². The summed E-state index contributed by atoms with van der Waals surface area (Å²) in [5.74, 6) is 0.367. The van der Waals surface area contributed by atoms with Gasteiger partial charge in [0.2, 0.25) is 5.91 Å². The minimum absolute atomic E-state index is 0.367. The van der Waals surface area contributed by atoms with Crippen molar-refractivity contribution in [3.63, 3.8) is 0 Å². The van der Waals surface area contributed by atoms with Gasteiger partial charge in [0, 0.05) is 37.9 Å². The molecule has 1 amide bonds. The first-order valence-electron chi connectivity index (χ1n) is 7.34. The third-order valence-electron chi connectivity index (χ3n) is 3.59. The average molecular weight is 319 g/mol. The molecule has 0 radical (unpaired) electrons. The van der Waals surface area contributed by atoms with E-state index in [0.29, 0.717) is 5.91 Å². The number of halogens is 1. The van der Waals surface area contributed by atoms with E-state index in [4.69, 9.17) is 0 Å². The van der Waals surface area contributed by atoms with Crippen LogP contribution >= 0.6 is 15.9 Å². The number of nitrogens with zero attached hydrogens (tertiary/aromatic N) is 2. The van der Waals surface area contributed by atoms with E-state index in [2.05, 4.69) is 32.7 Å². The number of carbonyl (C=O) groups is 1. The topological polar surface area (TPSA) is 23.6 Å². The number of unbranched alkanes of at least 4 members (excludes halogenated alkanes) is 3. The molecule has 1 rings (SSSR count). The Morgan fingerprint density at radius 1 is 1.11 bits per heavy atom. The number of hydrogen-bond donors (Lipinski definition) is 0. The van der Waals surface area contributed by atoms with E-state index in [1.807, 2.05) is 0 Å². The zero-order chi connectivity index (χ0) is 13.2. The van der Waals surface area contributed by atoms with Crippen LogP contribution < -0.4 is 0 Å². The maximum Gasteiger partial charge on any atom is 0.222 e. The molecule has 0 aromatic heterocycles. The Hall–Kier alpha value is -0.0900. The third-order valence-corrected chi connectivity index (χ3v) is 3.94. The van der Waals surface area contributed by atoms with Crippen LogP contribution in [0.2, 0.25) is 0 Å². The number of amides is 1. The zero-order valence-corrected chi connectivity index (χ0v) is 13.3. The van der Waals surface area contributed by atoms with Crippen molar-refractivity contribution in [3.8, 4) is 0 Å². The summed E-state index contributed by atoms with van der Waals surface area (Å²) >= 11 is 3.48. The second-order valence-electron chi connectivity index (χ2n) is 5.08. The summed E-state index contributed by atoms with van der Waals surface area (Å²) in [4.78, 5) is 16.6. The lowest BCUT2D eigenvalue weighted by Crippen LogP contribution is -2.35. The number of alkyl halides is 1. The molecule has 106 valence electrons. The molecule has 0 aromatic carbocycles. The Bertz CT molecular complexity index is 236. The molecule has 1 fully saturated rings. The van der Waals surface area contributed by atoms with Crippen molar-refractivity contribution >= 4 is 21.8 Å². The van der Waals surface area contributed by atoms with Crippen LogP contribution in [-0.2, 0) is 4.79 Å². The Morgan fingerprint density at radius 2 is 1.94 bits per heavy atom. The highest BCUT2D eigenvalue weighted by Gasteiger charge is 2.18. The van der Waals surface area contributed by atoms with Crippen LogP contribution in [0.15, 0.2) is 0 Å². The van der Waals surface area contributed by atoms with Gasteiger partial charge in [-0.25, -0.2) is 0 Å². The Balaban J connectivity index is 2.22.